The van der Waals surface area contributed by atoms with Gasteiger partial charge in [-0.15, -0.1) is 0 Å². The molecule has 1 aliphatic rings. The van der Waals surface area contributed by atoms with Crippen LogP contribution in [0.25, 0.3) is 0 Å². The van der Waals surface area contributed by atoms with Gasteiger partial charge in [-0.05, 0) is 30.9 Å². The molecule has 1 heterocycles. The number of carbonyl (C=O) groups is 1. The van der Waals surface area contributed by atoms with E-state index in [1.807, 2.05) is 0 Å². The number of hydrogen-bond acceptors (Lipinski definition) is 2. The number of hydrogen-bond donors (Lipinski definition) is 1. The van der Waals surface area contributed by atoms with Crippen molar-refractivity contribution in [3.05, 3.63) is 29.3 Å². The van der Waals surface area contributed by atoms with E-state index in [2.05, 4.69) is 32.0 Å². The van der Waals surface area contributed by atoms with Gasteiger partial charge in [0.1, 0.15) is 5.75 Å². The number of benzene rings is 1. The van der Waals surface area contributed by atoms with Crippen LogP contribution in [0.3, 0.4) is 0 Å². The Morgan fingerprint density at radius 3 is 2.84 bits per heavy atom. The fourth-order valence-electron chi connectivity index (χ4n) is 2.51. The Hall–Kier alpha value is -1.51. The van der Waals surface area contributed by atoms with Gasteiger partial charge in [0, 0.05) is 17.4 Å². The molecule has 2 rings (SSSR count). The molecule has 3 nitrogen and oxygen atoms in total. The highest BCUT2D eigenvalue weighted by Crippen LogP contribution is 2.38. The highest BCUT2D eigenvalue weighted by molar-refractivity contribution is 5.66. The van der Waals surface area contributed by atoms with Crippen molar-refractivity contribution in [2.45, 2.75) is 51.4 Å². The lowest BCUT2D eigenvalue weighted by Crippen LogP contribution is -2.18. The number of unbranched alkanes of at least 4 members (excludes halogenated alkanes) is 2. The third-order valence-corrected chi connectivity index (χ3v) is 3.72. The molecule has 0 amide bonds. The molecule has 0 saturated heterocycles. The van der Waals surface area contributed by atoms with E-state index in [0.29, 0.717) is 0 Å². The number of aryl methyl sites for hydroxylation is 1. The molecule has 3 heteroatoms. The lowest BCUT2D eigenvalue weighted by molar-refractivity contribution is -0.137. The first kappa shape index (κ1) is 13.9. The summed E-state index contributed by atoms with van der Waals surface area (Å²) in [5.74, 6) is 0.316. The standard InChI is InChI=1S/C16H22O3/c1-16(2)11-19-14-9-8-12(10-13(14)16)6-4-3-5-7-15(17)18/h8-10H,3-7,11H2,1-2H3,(H,17,18). The van der Waals surface area contributed by atoms with Gasteiger partial charge in [-0.3, -0.25) is 4.79 Å². The van der Waals surface area contributed by atoms with Crippen LogP contribution >= 0.6 is 0 Å². The molecule has 0 aromatic heterocycles. The molecular weight excluding hydrogens is 240 g/mol. The quantitative estimate of drug-likeness (QED) is 0.797. The lowest BCUT2D eigenvalue weighted by atomic mass is 9.85. The Labute approximate surface area is 114 Å². The summed E-state index contributed by atoms with van der Waals surface area (Å²) in [4.78, 5) is 10.4. The monoisotopic (exact) mass is 262 g/mol. The third-order valence-electron chi connectivity index (χ3n) is 3.72. The number of rotatable bonds is 6. The Kier molecular flexibility index (Phi) is 4.13. The molecule has 0 fully saturated rings. The van der Waals surface area contributed by atoms with E-state index >= 15 is 0 Å². The zero-order valence-electron chi connectivity index (χ0n) is 11.7. The fourth-order valence-corrected chi connectivity index (χ4v) is 2.51. The normalized spacial score (nSPS) is 15.9. The van der Waals surface area contributed by atoms with Crippen LogP contribution in [0, 0.1) is 0 Å². The van der Waals surface area contributed by atoms with Gasteiger partial charge in [-0.25, -0.2) is 0 Å². The zero-order chi connectivity index (χ0) is 13.9. The van der Waals surface area contributed by atoms with Crippen LogP contribution in [-0.4, -0.2) is 17.7 Å². The van der Waals surface area contributed by atoms with Crippen LogP contribution in [0.4, 0.5) is 0 Å². The molecule has 0 radical (unpaired) electrons. The van der Waals surface area contributed by atoms with Crippen LogP contribution in [0.1, 0.15) is 50.7 Å². The minimum atomic E-state index is -0.698. The molecular formula is C16H22O3. The average Bonchev–Trinajstić information content (AvgIpc) is 2.65. The molecule has 1 aromatic carbocycles. The maximum Gasteiger partial charge on any atom is 0.303 e. The summed E-state index contributed by atoms with van der Waals surface area (Å²) in [5, 5.41) is 8.58. The first-order chi connectivity index (χ1) is 8.99. The molecule has 0 spiro atoms. The van der Waals surface area contributed by atoms with Crippen molar-refractivity contribution in [1.29, 1.82) is 0 Å². The molecule has 0 atom stereocenters. The van der Waals surface area contributed by atoms with E-state index in [0.717, 1.165) is 38.0 Å². The van der Waals surface area contributed by atoms with Crippen molar-refractivity contribution in [1.82, 2.24) is 0 Å². The maximum absolute atomic E-state index is 10.4. The van der Waals surface area contributed by atoms with Crippen LogP contribution in [0.2, 0.25) is 0 Å². The van der Waals surface area contributed by atoms with Gasteiger partial charge in [0.05, 0.1) is 6.61 Å². The molecule has 1 aromatic rings. The first-order valence-corrected chi connectivity index (χ1v) is 6.97. The third kappa shape index (κ3) is 3.49. The topological polar surface area (TPSA) is 46.5 Å². The van der Waals surface area contributed by atoms with E-state index in [4.69, 9.17) is 9.84 Å². The second-order valence-corrected chi connectivity index (χ2v) is 5.96. The molecule has 0 bridgehead atoms. The van der Waals surface area contributed by atoms with Crippen molar-refractivity contribution in [2.24, 2.45) is 0 Å². The zero-order valence-corrected chi connectivity index (χ0v) is 11.7. The minimum absolute atomic E-state index is 0.106. The van der Waals surface area contributed by atoms with Crippen molar-refractivity contribution in [2.75, 3.05) is 6.61 Å². The van der Waals surface area contributed by atoms with Gasteiger partial charge in [0.2, 0.25) is 0 Å². The summed E-state index contributed by atoms with van der Waals surface area (Å²) >= 11 is 0. The summed E-state index contributed by atoms with van der Waals surface area (Å²) in [7, 11) is 0. The van der Waals surface area contributed by atoms with E-state index < -0.39 is 5.97 Å². The molecule has 104 valence electrons. The predicted octanol–water partition coefficient (Wildman–Crippen LogP) is 3.54. The van der Waals surface area contributed by atoms with E-state index in [-0.39, 0.29) is 11.8 Å². The van der Waals surface area contributed by atoms with E-state index in [1.165, 1.54) is 11.1 Å². The molecule has 0 aliphatic carbocycles. The number of carboxylic acids is 1. The van der Waals surface area contributed by atoms with Crippen molar-refractivity contribution in [3.8, 4) is 5.75 Å². The van der Waals surface area contributed by atoms with E-state index in [9.17, 15) is 4.79 Å². The highest BCUT2D eigenvalue weighted by Gasteiger charge is 2.31. The predicted molar refractivity (Wildman–Crippen MR) is 74.8 cm³/mol. The maximum atomic E-state index is 10.4. The average molecular weight is 262 g/mol. The number of aliphatic carboxylic acids is 1. The SMILES string of the molecule is CC1(C)COc2ccc(CCCCCC(=O)O)cc21. The molecule has 1 aliphatic heterocycles. The van der Waals surface area contributed by atoms with Gasteiger partial charge in [-0.2, -0.15) is 0 Å². The van der Waals surface area contributed by atoms with Crippen LogP contribution < -0.4 is 4.74 Å². The smallest absolute Gasteiger partial charge is 0.303 e. The van der Waals surface area contributed by atoms with Crippen molar-refractivity contribution < 1.29 is 14.6 Å². The Morgan fingerprint density at radius 2 is 2.11 bits per heavy atom. The Balaban J connectivity index is 1.87. The van der Waals surface area contributed by atoms with Crippen molar-refractivity contribution >= 4 is 5.97 Å². The summed E-state index contributed by atoms with van der Waals surface area (Å²) in [5.41, 5.74) is 2.73. The Morgan fingerprint density at radius 1 is 1.32 bits per heavy atom. The molecule has 1 N–H and O–H groups in total. The molecule has 0 saturated carbocycles. The van der Waals surface area contributed by atoms with Crippen LogP contribution in [0.5, 0.6) is 5.75 Å². The lowest BCUT2D eigenvalue weighted by Gasteiger charge is -2.15. The summed E-state index contributed by atoms with van der Waals surface area (Å²) < 4.78 is 5.67. The largest absolute Gasteiger partial charge is 0.492 e. The minimum Gasteiger partial charge on any atom is -0.492 e. The second kappa shape index (κ2) is 5.64. The van der Waals surface area contributed by atoms with Crippen LogP contribution in [0.15, 0.2) is 18.2 Å². The first-order valence-electron chi connectivity index (χ1n) is 6.97. The number of carboxylic acid groups (broad SMARTS) is 1. The number of ether oxygens (including phenoxy) is 1. The summed E-state index contributed by atoms with van der Waals surface area (Å²) in [6, 6.07) is 6.44. The van der Waals surface area contributed by atoms with Gasteiger partial charge >= 0.3 is 5.97 Å². The van der Waals surface area contributed by atoms with Crippen molar-refractivity contribution in [3.63, 3.8) is 0 Å². The summed E-state index contributed by atoms with van der Waals surface area (Å²) in [6.07, 6.45) is 4.10. The highest BCUT2D eigenvalue weighted by atomic mass is 16.5. The fraction of sp³-hybridized carbons (Fsp3) is 0.562. The number of fused-ring (bicyclic) bond motifs is 1. The Bertz CT molecular complexity index is 463. The van der Waals surface area contributed by atoms with Gasteiger partial charge < -0.3 is 9.84 Å². The second-order valence-electron chi connectivity index (χ2n) is 5.96. The summed E-state index contributed by atoms with van der Waals surface area (Å²) in [6.45, 7) is 5.16. The molecule has 0 unspecified atom stereocenters. The van der Waals surface area contributed by atoms with E-state index in [1.54, 1.807) is 0 Å². The van der Waals surface area contributed by atoms with Gasteiger partial charge in [0.25, 0.3) is 0 Å². The van der Waals surface area contributed by atoms with Gasteiger partial charge in [0.15, 0.2) is 0 Å². The van der Waals surface area contributed by atoms with Crippen LogP contribution in [-0.2, 0) is 16.6 Å². The van der Waals surface area contributed by atoms with Gasteiger partial charge in [-0.1, -0.05) is 32.4 Å². The molecule has 19 heavy (non-hydrogen) atoms.